The van der Waals surface area contributed by atoms with Gasteiger partial charge in [0, 0.05) is 33.5 Å². The maximum absolute atomic E-state index is 3.86. The number of aromatic nitrogens is 2. The van der Waals surface area contributed by atoms with Gasteiger partial charge in [0.15, 0.2) is 0 Å². The van der Waals surface area contributed by atoms with E-state index in [1.54, 1.807) is 12.4 Å². The topological polar surface area (TPSA) is 28.7 Å². The largest absolute Gasteiger partial charge is 0.349 e. The first kappa shape index (κ1) is 11.2. The molecule has 8 heavy (non-hydrogen) atoms. The summed E-state index contributed by atoms with van der Waals surface area (Å²) in [5, 5.41) is 0. The first-order valence-corrected chi connectivity index (χ1v) is 1.85. The van der Waals surface area contributed by atoms with Gasteiger partial charge in [0.2, 0.25) is 0 Å². The fourth-order valence-electron chi connectivity index (χ4n) is 0.344. The van der Waals surface area contributed by atoms with Crippen LogP contribution in [0.1, 0.15) is 5.82 Å². The van der Waals surface area contributed by atoms with Gasteiger partial charge in [-0.25, -0.2) is 4.98 Å². The zero-order valence-electron chi connectivity index (χ0n) is 4.72. The molecule has 1 N–H and O–H groups in total. The number of hydrogen-bond acceptors (Lipinski definition) is 1. The Labute approximate surface area is 66.4 Å². The molecule has 0 fully saturated rings. The second kappa shape index (κ2) is 5.46. The van der Waals surface area contributed by atoms with Crippen molar-refractivity contribution in [2.24, 2.45) is 0 Å². The van der Waals surface area contributed by atoms with E-state index in [4.69, 9.17) is 0 Å². The van der Waals surface area contributed by atoms with Crippen molar-refractivity contribution >= 4 is 9.90 Å². The molecule has 0 saturated heterocycles. The van der Waals surface area contributed by atoms with Gasteiger partial charge >= 0.3 is 0 Å². The molecule has 2 nitrogen and oxygen atoms in total. The van der Waals surface area contributed by atoms with Gasteiger partial charge in [0.1, 0.15) is 5.82 Å². The Hall–Kier alpha value is 0.328. The smallest absolute Gasteiger partial charge is 0.102 e. The van der Waals surface area contributed by atoms with Crippen molar-refractivity contribution in [3.63, 3.8) is 0 Å². The molecule has 1 aromatic rings. The quantitative estimate of drug-likeness (QED) is 0.499. The molecule has 0 aliphatic carbocycles. The first-order valence-electron chi connectivity index (χ1n) is 1.85. The van der Waals surface area contributed by atoms with Gasteiger partial charge < -0.3 is 4.98 Å². The van der Waals surface area contributed by atoms with Crippen LogP contribution in [-0.2, 0) is 21.1 Å². The first-order chi connectivity index (χ1) is 2.89. The van der Waals surface area contributed by atoms with Gasteiger partial charge in [-0.3, -0.25) is 0 Å². The molecular formula is C4H9MoN2P. The van der Waals surface area contributed by atoms with Crippen molar-refractivity contribution in [3.05, 3.63) is 18.2 Å². The maximum atomic E-state index is 3.86. The number of hydrogen-bond donors (Lipinski definition) is 1. The number of nitrogens with one attached hydrogen (secondary N) is 1. The van der Waals surface area contributed by atoms with Crippen molar-refractivity contribution in [2.75, 3.05) is 0 Å². The molecule has 1 unspecified atom stereocenters. The Kier molecular flexibility index (Phi) is 7.63. The molecule has 0 aromatic carbocycles. The molecule has 1 atom stereocenters. The number of aryl methyl sites for hydroxylation is 1. The van der Waals surface area contributed by atoms with Crippen molar-refractivity contribution < 1.29 is 21.1 Å². The van der Waals surface area contributed by atoms with Crippen LogP contribution in [0.3, 0.4) is 0 Å². The van der Waals surface area contributed by atoms with Gasteiger partial charge in [0.25, 0.3) is 0 Å². The minimum absolute atomic E-state index is 0. The molecular weight excluding hydrogens is 203 g/mol. The minimum atomic E-state index is 0. The normalized spacial score (nSPS) is 6.62. The molecule has 0 amide bonds. The van der Waals surface area contributed by atoms with Gasteiger partial charge in [0.05, 0.1) is 0 Å². The van der Waals surface area contributed by atoms with Crippen LogP contribution in [0.2, 0.25) is 0 Å². The minimum Gasteiger partial charge on any atom is -0.349 e. The van der Waals surface area contributed by atoms with Crippen LogP contribution in [0.5, 0.6) is 0 Å². The summed E-state index contributed by atoms with van der Waals surface area (Å²) >= 11 is 0. The van der Waals surface area contributed by atoms with Crippen molar-refractivity contribution in [1.29, 1.82) is 0 Å². The van der Waals surface area contributed by atoms with Gasteiger partial charge in [-0.1, -0.05) is 0 Å². The maximum Gasteiger partial charge on any atom is 0.102 e. The fourth-order valence-corrected chi connectivity index (χ4v) is 0.344. The summed E-state index contributed by atoms with van der Waals surface area (Å²) in [5.41, 5.74) is 0. The van der Waals surface area contributed by atoms with Crippen LogP contribution >= 0.6 is 9.90 Å². The third-order valence-electron chi connectivity index (χ3n) is 0.635. The van der Waals surface area contributed by atoms with Crippen LogP contribution in [0.25, 0.3) is 0 Å². The molecule has 0 aliphatic heterocycles. The third-order valence-corrected chi connectivity index (χ3v) is 0.635. The molecule has 46 valence electrons. The Bertz CT molecular complexity index is 118. The van der Waals surface area contributed by atoms with Gasteiger partial charge in [-0.15, -0.1) is 0 Å². The fraction of sp³-hybridized carbons (Fsp3) is 0.250. The standard InChI is InChI=1S/C4H6N2.Mo.H3P/c1-4-5-2-3-6-4;;/h2-3H,1H3,(H,5,6);;1H3. The summed E-state index contributed by atoms with van der Waals surface area (Å²) < 4.78 is 0. The molecule has 1 aromatic heterocycles. The summed E-state index contributed by atoms with van der Waals surface area (Å²) in [6, 6.07) is 0. The van der Waals surface area contributed by atoms with Crippen molar-refractivity contribution in [1.82, 2.24) is 9.97 Å². The molecule has 1 heterocycles. The Morgan fingerprint density at radius 3 is 2.38 bits per heavy atom. The van der Waals surface area contributed by atoms with Gasteiger partial charge in [-0.05, 0) is 6.92 Å². The van der Waals surface area contributed by atoms with E-state index in [-0.39, 0.29) is 31.0 Å². The van der Waals surface area contributed by atoms with Gasteiger partial charge in [-0.2, -0.15) is 9.90 Å². The molecule has 0 bridgehead atoms. The van der Waals surface area contributed by atoms with E-state index in [2.05, 4.69) is 9.97 Å². The van der Waals surface area contributed by atoms with E-state index in [0.717, 1.165) is 5.82 Å². The molecule has 4 heteroatoms. The summed E-state index contributed by atoms with van der Waals surface area (Å²) in [4.78, 5) is 6.75. The summed E-state index contributed by atoms with van der Waals surface area (Å²) in [7, 11) is 0. The van der Waals surface area contributed by atoms with Crippen molar-refractivity contribution in [3.8, 4) is 0 Å². The second-order valence-electron chi connectivity index (χ2n) is 1.17. The Balaban J connectivity index is 0. The number of nitrogens with zero attached hydrogens (tertiary/aromatic N) is 1. The number of rotatable bonds is 0. The van der Waals surface area contributed by atoms with Crippen LogP contribution in [0, 0.1) is 6.92 Å². The predicted octanol–water partition coefficient (Wildman–Crippen LogP) is 0.774. The third kappa shape index (κ3) is 3.35. The van der Waals surface area contributed by atoms with E-state index in [9.17, 15) is 0 Å². The van der Waals surface area contributed by atoms with E-state index >= 15 is 0 Å². The average molecular weight is 212 g/mol. The van der Waals surface area contributed by atoms with Crippen molar-refractivity contribution in [2.45, 2.75) is 6.92 Å². The summed E-state index contributed by atoms with van der Waals surface area (Å²) in [5.74, 6) is 0.968. The molecule has 0 radical (unpaired) electrons. The van der Waals surface area contributed by atoms with Crippen LogP contribution in [0.15, 0.2) is 12.4 Å². The van der Waals surface area contributed by atoms with E-state index in [1.165, 1.54) is 0 Å². The molecule has 0 spiro atoms. The molecule has 1 rings (SSSR count). The monoisotopic (exact) mass is 214 g/mol. The number of aromatic amines is 1. The second-order valence-corrected chi connectivity index (χ2v) is 1.17. The van der Waals surface area contributed by atoms with Crippen LogP contribution in [0.4, 0.5) is 0 Å². The number of imidazole rings is 1. The van der Waals surface area contributed by atoms with Crippen LogP contribution in [-0.4, -0.2) is 9.97 Å². The van der Waals surface area contributed by atoms with E-state index < -0.39 is 0 Å². The predicted molar refractivity (Wildman–Crippen MR) is 34.4 cm³/mol. The average Bonchev–Trinajstić information content (AvgIpc) is 1.86. The zero-order chi connectivity index (χ0) is 4.41. The van der Waals surface area contributed by atoms with E-state index in [0.29, 0.717) is 0 Å². The number of H-pyrrole nitrogens is 1. The molecule has 0 aliphatic rings. The van der Waals surface area contributed by atoms with E-state index in [1.807, 2.05) is 6.92 Å². The Morgan fingerprint density at radius 1 is 1.62 bits per heavy atom. The van der Waals surface area contributed by atoms with Crippen LogP contribution < -0.4 is 0 Å². The summed E-state index contributed by atoms with van der Waals surface area (Å²) in [6.07, 6.45) is 3.53. The molecule has 0 saturated carbocycles. The summed E-state index contributed by atoms with van der Waals surface area (Å²) in [6.45, 7) is 1.92. The SMILES string of the molecule is Cc1ncc[nH]1.P.[Mo]. The zero-order valence-corrected chi connectivity index (χ0v) is 8.14. The Morgan fingerprint density at radius 2 is 2.25 bits per heavy atom.